The summed E-state index contributed by atoms with van der Waals surface area (Å²) >= 11 is 0. The zero-order valence-electron chi connectivity index (χ0n) is 34.8. The highest BCUT2D eigenvalue weighted by molar-refractivity contribution is 6.68. The maximum Gasteiger partial charge on any atom is 0.164 e. The molecule has 0 N–H and O–H groups in total. The van der Waals surface area contributed by atoms with Gasteiger partial charge >= 0.3 is 0 Å². The number of hydrogen-bond acceptors (Lipinski definition) is 4. The molecule has 0 atom stereocenters. The molecule has 0 aliphatic heterocycles. The highest BCUT2D eigenvalue weighted by Crippen LogP contribution is 2.38. The summed E-state index contributed by atoms with van der Waals surface area (Å²) in [4.78, 5) is 15.2. The predicted octanol–water partition coefficient (Wildman–Crippen LogP) is 4.50. The van der Waals surface area contributed by atoms with Crippen molar-refractivity contribution < 1.29 is 4.42 Å². The van der Waals surface area contributed by atoms with Gasteiger partial charge in [-0.05, 0) is 70.8 Å². The molecule has 0 bridgehead atoms. The van der Waals surface area contributed by atoms with E-state index < -0.39 is 0 Å². The predicted molar refractivity (Wildman–Crippen MR) is 270 cm³/mol. The molecule has 5 nitrogen and oxygen atoms in total. The second kappa shape index (κ2) is 14.5. The maximum atomic E-state index is 6.59. The third-order valence-electron chi connectivity index (χ3n) is 12.9. The Kier molecular flexibility index (Phi) is 8.71. The van der Waals surface area contributed by atoms with Gasteiger partial charge in [0.25, 0.3) is 0 Å². The fourth-order valence-corrected chi connectivity index (χ4v) is 9.17. The summed E-state index contributed by atoms with van der Waals surface area (Å²) in [5.74, 6) is 1.87. The summed E-state index contributed by atoms with van der Waals surface area (Å²) in [5.41, 5.74) is 19.4. The van der Waals surface area contributed by atoms with E-state index in [0.29, 0.717) is 17.5 Å². The lowest BCUT2D eigenvalue weighted by atomic mass is 9.59. The highest BCUT2D eigenvalue weighted by atomic mass is 16.3. The summed E-state index contributed by atoms with van der Waals surface area (Å²) in [6.45, 7) is 0. The summed E-state index contributed by atoms with van der Waals surface area (Å²) < 4.78 is 8.93. The van der Waals surface area contributed by atoms with Gasteiger partial charge in [0.2, 0.25) is 0 Å². The smallest absolute Gasteiger partial charge is 0.164 e. The van der Waals surface area contributed by atoms with E-state index in [2.05, 4.69) is 165 Å². The molecule has 0 radical (unpaired) electrons. The molecule has 3 aromatic heterocycles. The van der Waals surface area contributed by atoms with Crippen LogP contribution in [0.25, 0.3) is 106 Å². The number of para-hydroxylation sites is 1. The first kappa shape index (κ1) is 36.8. The van der Waals surface area contributed by atoms with Crippen LogP contribution in [0.15, 0.2) is 168 Å². The number of nitrogens with zero attached hydrogens (tertiary/aromatic N) is 4. The monoisotopic (exact) mass is 776 g/mol. The van der Waals surface area contributed by atoms with E-state index in [-0.39, 0.29) is 0 Å². The van der Waals surface area contributed by atoms with Gasteiger partial charge in [-0.25, -0.2) is 15.0 Å². The van der Waals surface area contributed by atoms with Crippen LogP contribution in [0.1, 0.15) is 0 Å². The van der Waals surface area contributed by atoms with E-state index in [1.54, 1.807) is 0 Å². The molecule has 8 aromatic carbocycles. The number of furan rings is 1. The Bertz CT molecular complexity index is 3500. The van der Waals surface area contributed by atoms with E-state index >= 15 is 0 Å². The molecule has 10 heteroatoms. The minimum Gasteiger partial charge on any atom is -0.456 e. The molecule has 0 saturated carbocycles. The molecule has 11 aromatic rings. The van der Waals surface area contributed by atoms with Crippen LogP contribution in [0.4, 0.5) is 0 Å². The lowest BCUT2D eigenvalue weighted by Crippen LogP contribution is -2.55. The average Bonchev–Trinajstić information content (AvgIpc) is 3.85. The summed E-state index contributed by atoms with van der Waals surface area (Å²) in [6, 6.07) is 57.5. The van der Waals surface area contributed by atoms with Crippen LogP contribution in [0, 0.1) is 0 Å². The average molecular weight is 776 g/mol. The number of aromatic nitrogens is 4. The second-order valence-electron chi connectivity index (χ2n) is 16.2. The van der Waals surface area contributed by atoms with Gasteiger partial charge in [0.05, 0.1) is 11.0 Å². The van der Waals surface area contributed by atoms with Crippen molar-refractivity contribution in [2.24, 2.45) is 0 Å². The molecular weight excluding hydrogens is 739 g/mol. The molecule has 11 rings (SSSR count). The van der Waals surface area contributed by atoms with Gasteiger partial charge < -0.3 is 8.98 Å². The second-order valence-corrected chi connectivity index (χ2v) is 16.2. The maximum absolute atomic E-state index is 6.59. The third kappa shape index (κ3) is 6.12. The van der Waals surface area contributed by atoms with Crippen molar-refractivity contribution >= 4 is 110 Å². The largest absolute Gasteiger partial charge is 0.456 e. The van der Waals surface area contributed by atoms with Gasteiger partial charge in [-0.1, -0.05) is 120 Å². The van der Waals surface area contributed by atoms with Crippen molar-refractivity contribution in [1.82, 2.24) is 19.5 Å². The molecule has 0 aliphatic rings. The van der Waals surface area contributed by atoms with Gasteiger partial charge in [-0.2, -0.15) is 0 Å². The number of benzene rings is 8. The molecule has 0 fully saturated rings. The Balaban J connectivity index is 1.00. The lowest BCUT2D eigenvalue weighted by Gasteiger charge is -2.20. The molecule has 3 heterocycles. The van der Waals surface area contributed by atoms with Crippen LogP contribution < -0.4 is 27.3 Å². The Hall–Kier alpha value is -7.31. The standard InChI is InChI=1S/C51H37B5N4O/c52-44-43(45(53)47(55)48(56)46(44)54)29-15-17-31(18-16-29)50-57-49(30-11-5-2-6-12-30)58-51(59-50)33-20-24-41-38(26-33)36-22-21-34(27-42(36)61-41)60-39-14-8-7-13-35(39)37-25-32(19-23-40(37)60)28-9-3-1-4-10-28/h1-27H,52-56H2. The SMILES string of the molecule is Bc1c(B)c(B)c(-c2ccc(-c3nc(-c4ccccc4)nc(-c4ccc5oc6cc(-n7c8ccccc8c8cc(-c9ccccc9)ccc87)ccc6c5c4)n3)cc2)c(B)c1B. The van der Waals surface area contributed by atoms with Crippen molar-refractivity contribution in [3.8, 4) is 62.1 Å². The van der Waals surface area contributed by atoms with E-state index in [9.17, 15) is 0 Å². The highest BCUT2D eigenvalue weighted by Gasteiger charge is 2.19. The van der Waals surface area contributed by atoms with Crippen LogP contribution in [0.2, 0.25) is 0 Å². The molecule has 282 valence electrons. The Morgan fingerprint density at radius 3 is 1.57 bits per heavy atom. The van der Waals surface area contributed by atoms with Crippen LogP contribution >= 0.6 is 0 Å². The lowest BCUT2D eigenvalue weighted by molar-refractivity contribution is 0.668. The van der Waals surface area contributed by atoms with Crippen molar-refractivity contribution in [3.05, 3.63) is 164 Å². The van der Waals surface area contributed by atoms with Crippen LogP contribution in [0.5, 0.6) is 0 Å². The first-order valence-corrected chi connectivity index (χ1v) is 20.9. The van der Waals surface area contributed by atoms with Gasteiger partial charge in [0.15, 0.2) is 17.5 Å². The van der Waals surface area contributed by atoms with Crippen molar-refractivity contribution in [2.75, 3.05) is 0 Å². The Morgan fingerprint density at radius 1 is 0.344 bits per heavy atom. The van der Waals surface area contributed by atoms with Crippen molar-refractivity contribution in [1.29, 1.82) is 0 Å². The van der Waals surface area contributed by atoms with E-state index in [4.69, 9.17) is 19.4 Å². The normalized spacial score (nSPS) is 11.6. The van der Waals surface area contributed by atoms with E-state index in [0.717, 1.165) is 55.3 Å². The minimum absolute atomic E-state index is 0.609. The number of rotatable bonds is 6. The summed E-state index contributed by atoms with van der Waals surface area (Å²) in [7, 11) is 11.1. The van der Waals surface area contributed by atoms with E-state index in [1.165, 1.54) is 60.3 Å². The molecule has 0 amide bonds. The fourth-order valence-electron chi connectivity index (χ4n) is 9.17. The van der Waals surface area contributed by atoms with Crippen LogP contribution in [-0.2, 0) is 0 Å². The molecule has 0 aliphatic carbocycles. The van der Waals surface area contributed by atoms with Crippen molar-refractivity contribution in [2.45, 2.75) is 0 Å². The van der Waals surface area contributed by atoms with Gasteiger partial charge in [0.1, 0.15) is 50.4 Å². The van der Waals surface area contributed by atoms with Crippen molar-refractivity contribution in [3.63, 3.8) is 0 Å². The van der Waals surface area contributed by atoms with E-state index in [1.807, 2.05) is 42.5 Å². The number of fused-ring (bicyclic) bond motifs is 6. The Morgan fingerprint density at radius 2 is 0.869 bits per heavy atom. The Labute approximate surface area is 358 Å². The zero-order valence-corrected chi connectivity index (χ0v) is 34.8. The van der Waals surface area contributed by atoms with Crippen LogP contribution in [0.3, 0.4) is 0 Å². The number of hydrogen-bond donors (Lipinski definition) is 0. The topological polar surface area (TPSA) is 56.7 Å². The molecule has 0 saturated heterocycles. The van der Waals surface area contributed by atoms with Gasteiger partial charge in [-0.3, -0.25) is 0 Å². The quantitative estimate of drug-likeness (QED) is 0.234. The minimum atomic E-state index is 0.609. The molecule has 61 heavy (non-hydrogen) atoms. The van der Waals surface area contributed by atoms with Gasteiger partial charge in [-0.15, -0.1) is 16.4 Å². The first-order valence-electron chi connectivity index (χ1n) is 20.9. The van der Waals surface area contributed by atoms with Crippen LogP contribution in [-0.4, -0.2) is 58.8 Å². The molecular formula is C51H37B5N4O. The molecule has 0 unspecified atom stereocenters. The zero-order chi connectivity index (χ0) is 41.4. The first-order chi connectivity index (χ1) is 29.8. The fraction of sp³-hybridized carbons (Fsp3) is 0. The molecule has 0 spiro atoms. The summed E-state index contributed by atoms with van der Waals surface area (Å²) in [5, 5.41) is 4.48. The summed E-state index contributed by atoms with van der Waals surface area (Å²) in [6.07, 6.45) is 0. The third-order valence-corrected chi connectivity index (χ3v) is 12.9. The van der Waals surface area contributed by atoms with Gasteiger partial charge in [0, 0.05) is 50.0 Å².